The molecule has 2 aliphatic heterocycles. The predicted octanol–water partition coefficient (Wildman–Crippen LogP) is 5.13. The summed E-state index contributed by atoms with van der Waals surface area (Å²) in [4.78, 5) is 0. The van der Waals surface area contributed by atoms with Crippen LogP contribution in [0.3, 0.4) is 0 Å². The lowest BCUT2D eigenvalue weighted by molar-refractivity contribution is 0.168. The highest BCUT2D eigenvalue weighted by Crippen LogP contribution is 2.42. The van der Waals surface area contributed by atoms with E-state index < -0.39 is 36.6 Å². The smallest absolute Gasteiger partial charge is 0.456 e. The van der Waals surface area contributed by atoms with Gasteiger partial charge in [-0.1, -0.05) is 111 Å². The fourth-order valence-corrected chi connectivity index (χ4v) is 13.3. The van der Waals surface area contributed by atoms with Gasteiger partial charge in [0.25, 0.3) is 8.32 Å². The molecule has 9 heteroatoms. The molecule has 0 aromatic heterocycles. The maximum atomic E-state index is 13.5. The van der Waals surface area contributed by atoms with Gasteiger partial charge in [0.2, 0.25) is 0 Å². The summed E-state index contributed by atoms with van der Waals surface area (Å²) in [6.07, 6.45) is 2.54. The van der Waals surface area contributed by atoms with Crippen LogP contribution in [0.5, 0.6) is 5.75 Å². The zero-order valence-corrected chi connectivity index (χ0v) is 27.2. The van der Waals surface area contributed by atoms with Crippen molar-refractivity contribution in [2.45, 2.75) is 63.2 Å². The maximum absolute atomic E-state index is 13.5. The molecule has 0 spiro atoms. The van der Waals surface area contributed by atoms with Gasteiger partial charge in [-0.25, -0.2) is 8.42 Å². The van der Waals surface area contributed by atoms with Gasteiger partial charge in [-0.3, -0.25) is 0 Å². The molecule has 2 N–H and O–H groups in total. The molecule has 0 radical (unpaired) electrons. The minimum Gasteiger partial charge on any atom is -0.507 e. The molecule has 2 atom stereocenters. The van der Waals surface area contributed by atoms with Crippen LogP contribution in [0.2, 0.25) is 11.4 Å². The van der Waals surface area contributed by atoms with Crippen LogP contribution in [0, 0.1) is 0 Å². The lowest BCUT2D eigenvalue weighted by atomic mass is 9.74. The second-order valence-electron chi connectivity index (χ2n) is 12.7. The number of phenolic OH excluding ortho intramolecular Hbond substituents is 1. The van der Waals surface area contributed by atoms with Crippen molar-refractivity contribution in [3.8, 4) is 5.75 Å². The topological polar surface area (TPSA) is 93.1 Å². The Hall–Kier alpha value is -2.95. The molecule has 5 rings (SSSR count). The fourth-order valence-electron chi connectivity index (χ4n) is 6.67. The first-order chi connectivity index (χ1) is 20.4. The molecule has 0 amide bonds. The lowest BCUT2D eigenvalue weighted by Crippen LogP contribution is -2.66. The maximum Gasteiger partial charge on any atom is 0.456 e. The van der Waals surface area contributed by atoms with E-state index in [0.29, 0.717) is 12.8 Å². The third-order valence-corrected chi connectivity index (χ3v) is 15.7. The summed E-state index contributed by atoms with van der Waals surface area (Å²) in [5, 5.41) is 22.0. The van der Waals surface area contributed by atoms with Crippen LogP contribution in [0.15, 0.2) is 102 Å². The second kappa shape index (κ2) is 12.6. The first-order valence-electron chi connectivity index (χ1n) is 14.9. The highest BCUT2D eigenvalue weighted by Gasteiger charge is 2.52. The zero-order chi connectivity index (χ0) is 30.8. The molecule has 0 aliphatic carbocycles. The number of aromatic hydroxyl groups is 1. The molecule has 226 valence electrons. The van der Waals surface area contributed by atoms with Crippen LogP contribution < -0.4 is 10.4 Å². The van der Waals surface area contributed by atoms with E-state index in [4.69, 9.17) is 9.08 Å². The van der Waals surface area contributed by atoms with Crippen LogP contribution in [0.25, 0.3) is 6.08 Å². The molecule has 0 saturated carbocycles. The molecule has 43 heavy (non-hydrogen) atoms. The Morgan fingerprint density at radius 2 is 1.58 bits per heavy atom. The third kappa shape index (κ3) is 6.47. The van der Waals surface area contributed by atoms with Gasteiger partial charge in [0.15, 0.2) is 9.84 Å². The van der Waals surface area contributed by atoms with Crippen LogP contribution >= 0.6 is 0 Å². The Kier molecular flexibility index (Phi) is 9.21. The Labute approximate surface area is 257 Å². The first kappa shape index (κ1) is 31.5. The quantitative estimate of drug-likeness (QED) is 0.256. The summed E-state index contributed by atoms with van der Waals surface area (Å²) < 4.78 is 40.1. The van der Waals surface area contributed by atoms with E-state index in [1.807, 2.05) is 61.5 Å². The van der Waals surface area contributed by atoms with Gasteiger partial charge in [-0.05, 0) is 52.4 Å². The van der Waals surface area contributed by atoms with Gasteiger partial charge in [0.05, 0.1) is 23.7 Å². The number of para-hydroxylation sites is 1. The molecular formula is C34H41BO6SSi. The minimum atomic E-state index is -3.51. The van der Waals surface area contributed by atoms with E-state index >= 15 is 0 Å². The molecule has 3 aromatic rings. The molecule has 2 aliphatic rings. The Morgan fingerprint density at radius 3 is 2.16 bits per heavy atom. The highest BCUT2D eigenvalue weighted by atomic mass is 32.2. The van der Waals surface area contributed by atoms with Crippen molar-refractivity contribution in [3.05, 3.63) is 107 Å². The van der Waals surface area contributed by atoms with Crippen LogP contribution in [-0.4, -0.2) is 57.7 Å². The SMILES string of the molecule is C/C(=C\c1ccccc1O)CC[C@H]1OB(O)C[C@H]2C1=C(CO[Si](c1ccccc1)(c1ccccc1)C(C)(C)C)CS2(=O)=O. The molecule has 2 heterocycles. The molecule has 3 aromatic carbocycles. The average molecular weight is 617 g/mol. The normalized spacial score (nSPS) is 20.8. The molecule has 1 fully saturated rings. The number of hydrogen-bond acceptors (Lipinski definition) is 6. The Bertz CT molecular complexity index is 1560. The van der Waals surface area contributed by atoms with Gasteiger partial charge in [-0.2, -0.15) is 0 Å². The van der Waals surface area contributed by atoms with E-state index in [1.54, 1.807) is 12.1 Å². The lowest BCUT2D eigenvalue weighted by Gasteiger charge is -2.43. The van der Waals surface area contributed by atoms with Crippen LogP contribution in [-0.2, 0) is 18.9 Å². The van der Waals surface area contributed by atoms with E-state index in [-0.39, 0.29) is 29.5 Å². The Morgan fingerprint density at radius 1 is 1.00 bits per heavy atom. The summed E-state index contributed by atoms with van der Waals surface area (Å²) in [6, 6.07) is 27.8. The molecule has 0 unspecified atom stereocenters. The van der Waals surface area contributed by atoms with E-state index in [2.05, 4.69) is 45.0 Å². The van der Waals surface area contributed by atoms with Crippen molar-refractivity contribution in [1.82, 2.24) is 0 Å². The van der Waals surface area contributed by atoms with Gasteiger partial charge >= 0.3 is 7.12 Å². The number of hydrogen-bond donors (Lipinski definition) is 2. The number of sulfone groups is 1. The minimum absolute atomic E-state index is 0.0313. The van der Waals surface area contributed by atoms with E-state index in [9.17, 15) is 18.5 Å². The van der Waals surface area contributed by atoms with E-state index in [1.165, 1.54) is 0 Å². The monoisotopic (exact) mass is 616 g/mol. The third-order valence-electron chi connectivity index (χ3n) is 8.67. The number of benzene rings is 3. The molecular weight excluding hydrogens is 575 g/mol. The van der Waals surface area contributed by atoms with Gasteiger partial charge in [0, 0.05) is 11.9 Å². The average Bonchev–Trinajstić information content (AvgIpc) is 3.23. The van der Waals surface area contributed by atoms with Crippen molar-refractivity contribution in [3.63, 3.8) is 0 Å². The fraction of sp³-hybridized carbons (Fsp3) is 0.353. The number of rotatable bonds is 9. The number of allylic oxidation sites excluding steroid dienone is 1. The van der Waals surface area contributed by atoms with Gasteiger partial charge in [-0.15, -0.1) is 0 Å². The summed E-state index contributed by atoms with van der Waals surface area (Å²) in [6.45, 7) is 8.77. The highest BCUT2D eigenvalue weighted by molar-refractivity contribution is 7.92. The van der Waals surface area contributed by atoms with Crippen molar-refractivity contribution in [1.29, 1.82) is 0 Å². The Balaban J connectivity index is 1.50. The van der Waals surface area contributed by atoms with Crippen molar-refractivity contribution < 1.29 is 27.6 Å². The number of fused-ring (bicyclic) bond motifs is 1. The summed E-state index contributed by atoms with van der Waals surface area (Å²) in [5.74, 6) is 0.114. The van der Waals surface area contributed by atoms with Gasteiger partial charge < -0.3 is 19.2 Å². The zero-order valence-electron chi connectivity index (χ0n) is 25.4. The molecule has 6 nitrogen and oxygen atoms in total. The number of phenols is 1. The predicted molar refractivity (Wildman–Crippen MR) is 177 cm³/mol. The largest absolute Gasteiger partial charge is 0.507 e. The van der Waals surface area contributed by atoms with Crippen molar-refractivity contribution >= 4 is 41.7 Å². The molecule has 1 saturated heterocycles. The van der Waals surface area contributed by atoms with Crippen molar-refractivity contribution in [2.75, 3.05) is 12.4 Å². The van der Waals surface area contributed by atoms with E-state index in [0.717, 1.165) is 32.7 Å². The summed E-state index contributed by atoms with van der Waals surface area (Å²) >= 11 is 0. The second-order valence-corrected chi connectivity index (χ2v) is 19.2. The summed E-state index contributed by atoms with van der Waals surface area (Å²) in [7, 11) is -7.55. The molecule has 0 bridgehead atoms. The van der Waals surface area contributed by atoms with Crippen LogP contribution in [0.4, 0.5) is 0 Å². The summed E-state index contributed by atoms with van der Waals surface area (Å²) in [5.41, 5.74) is 3.24. The van der Waals surface area contributed by atoms with Gasteiger partial charge in [0.1, 0.15) is 5.75 Å². The standard InChI is InChI=1S/C34H41BO6SSi/c1-25(21-26-13-11-12-18-30(26)36)19-20-31-33-27(24-42(38,39)32(33)22-35(37)41-31)23-40-43(34(2,3)4,28-14-7-5-8-15-28)29-16-9-6-10-17-29/h5-18,21,31-32,36-37H,19-20,22-24H2,1-4H3/b25-21+/t31-,32+/m1/s1. The van der Waals surface area contributed by atoms with Crippen molar-refractivity contribution in [2.24, 2.45) is 0 Å². The van der Waals surface area contributed by atoms with Crippen LogP contribution in [0.1, 0.15) is 46.1 Å². The first-order valence-corrected chi connectivity index (χ1v) is 18.5.